The summed E-state index contributed by atoms with van der Waals surface area (Å²) in [5.41, 5.74) is 0.534. The summed E-state index contributed by atoms with van der Waals surface area (Å²) < 4.78 is 7.79. The van der Waals surface area contributed by atoms with Gasteiger partial charge in [0.1, 0.15) is 5.76 Å². The highest BCUT2D eigenvalue weighted by atomic mass is 79.9. The fourth-order valence-electron chi connectivity index (χ4n) is 2.12. The van der Waals surface area contributed by atoms with Crippen molar-refractivity contribution in [2.24, 2.45) is 0 Å². The molecule has 118 valence electrons. The minimum absolute atomic E-state index is 0.115. The van der Waals surface area contributed by atoms with E-state index in [-0.39, 0.29) is 5.56 Å². The number of halogens is 2. The van der Waals surface area contributed by atoms with E-state index in [4.69, 9.17) is 16.0 Å². The molecular formula is C16H12BrClN2O2S. The number of furan rings is 1. The van der Waals surface area contributed by atoms with Crippen molar-refractivity contribution in [1.82, 2.24) is 9.55 Å². The minimum atomic E-state index is -0.115. The highest BCUT2D eigenvalue weighted by molar-refractivity contribution is 9.10. The van der Waals surface area contributed by atoms with Crippen molar-refractivity contribution in [2.75, 3.05) is 5.75 Å². The highest BCUT2D eigenvalue weighted by Crippen LogP contribution is 2.23. The second kappa shape index (κ2) is 6.95. The van der Waals surface area contributed by atoms with Gasteiger partial charge in [0, 0.05) is 15.3 Å². The molecule has 0 aliphatic heterocycles. The number of hydrogen-bond acceptors (Lipinski definition) is 4. The first-order chi connectivity index (χ1) is 11.0. The lowest BCUT2D eigenvalue weighted by molar-refractivity contribution is 0.476. The van der Waals surface area contributed by atoms with Gasteiger partial charge < -0.3 is 4.42 Å². The van der Waals surface area contributed by atoms with E-state index in [1.165, 1.54) is 11.8 Å². The SMILES string of the molecule is C=C(Cl)CSc1nc2ccc(Br)cc2c(=O)n1Cc1ccco1. The summed E-state index contributed by atoms with van der Waals surface area (Å²) in [7, 11) is 0. The molecule has 1 aromatic carbocycles. The fraction of sp³-hybridized carbons (Fsp3) is 0.125. The number of benzene rings is 1. The van der Waals surface area contributed by atoms with Crippen LogP contribution < -0.4 is 5.56 Å². The standard InChI is InChI=1S/C16H12BrClN2O2S/c1-10(18)9-23-16-19-14-5-4-11(17)7-13(14)15(21)20(16)8-12-3-2-6-22-12/h2-7H,1,8-9H2. The first kappa shape index (κ1) is 16.4. The van der Waals surface area contributed by atoms with Crippen LogP contribution in [0.2, 0.25) is 0 Å². The van der Waals surface area contributed by atoms with Crippen molar-refractivity contribution < 1.29 is 4.42 Å². The van der Waals surface area contributed by atoms with Gasteiger partial charge in [-0.1, -0.05) is 45.9 Å². The average molecular weight is 412 g/mol. The molecular weight excluding hydrogens is 400 g/mol. The van der Waals surface area contributed by atoms with E-state index in [0.29, 0.717) is 39.1 Å². The summed E-state index contributed by atoms with van der Waals surface area (Å²) in [5.74, 6) is 1.17. The second-order valence-corrected chi connectivity index (χ2v) is 7.23. The Morgan fingerprint density at radius 3 is 2.96 bits per heavy atom. The Morgan fingerprint density at radius 1 is 1.43 bits per heavy atom. The number of nitrogens with zero attached hydrogens (tertiary/aromatic N) is 2. The Labute approximate surface area is 150 Å². The zero-order valence-corrected chi connectivity index (χ0v) is 15.1. The van der Waals surface area contributed by atoms with Crippen LogP contribution in [-0.4, -0.2) is 15.3 Å². The maximum Gasteiger partial charge on any atom is 0.262 e. The molecule has 0 amide bonds. The maximum absolute atomic E-state index is 12.9. The zero-order chi connectivity index (χ0) is 16.4. The molecule has 4 nitrogen and oxygen atoms in total. The van der Waals surface area contributed by atoms with Crippen LogP contribution in [0, 0.1) is 0 Å². The van der Waals surface area contributed by atoms with Crippen molar-refractivity contribution >= 4 is 50.2 Å². The zero-order valence-electron chi connectivity index (χ0n) is 12.0. The Morgan fingerprint density at radius 2 is 2.26 bits per heavy atom. The second-order valence-electron chi connectivity index (χ2n) is 4.83. The third-order valence-electron chi connectivity index (χ3n) is 3.13. The molecule has 0 fully saturated rings. The van der Waals surface area contributed by atoms with Crippen molar-refractivity contribution in [3.8, 4) is 0 Å². The summed E-state index contributed by atoms with van der Waals surface area (Å²) in [4.78, 5) is 17.5. The molecule has 0 saturated heterocycles. The molecule has 0 bridgehead atoms. The smallest absolute Gasteiger partial charge is 0.262 e. The highest BCUT2D eigenvalue weighted by Gasteiger charge is 2.13. The molecule has 0 unspecified atom stereocenters. The fourth-order valence-corrected chi connectivity index (χ4v) is 3.40. The maximum atomic E-state index is 12.9. The summed E-state index contributed by atoms with van der Waals surface area (Å²) in [5, 5.41) is 1.65. The monoisotopic (exact) mass is 410 g/mol. The van der Waals surface area contributed by atoms with Crippen molar-refractivity contribution in [2.45, 2.75) is 11.7 Å². The Kier molecular flexibility index (Phi) is 4.94. The van der Waals surface area contributed by atoms with Crippen LogP contribution in [-0.2, 0) is 6.54 Å². The number of aromatic nitrogens is 2. The molecule has 23 heavy (non-hydrogen) atoms. The van der Waals surface area contributed by atoms with Crippen LogP contribution in [0.25, 0.3) is 10.9 Å². The lowest BCUT2D eigenvalue weighted by Crippen LogP contribution is -2.24. The van der Waals surface area contributed by atoms with Crippen molar-refractivity contribution in [1.29, 1.82) is 0 Å². The van der Waals surface area contributed by atoms with Gasteiger partial charge in [-0.2, -0.15) is 0 Å². The predicted molar refractivity (Wildman–Crippen MR) is 97.2 cm³/mol. The van der Waals surface area contributed by atoms with Gasteiger partial charge >= 0.3 is 0 Å². The van der Waals surface area contributed by atoms with E-state index in [2.05, 4.69) is 27.5 Å². The van der Waals surface area contributed by atoms with Crippen LogP contribution in [0.15, 0.2) is 67.0 Å². The first-order valence-electron chi connectivity index (χ1n) is 6.73. The van der Waals surface area contributed by atoms with E-state index in [9.17, 15) is 4.79 Å². The van der Waals surface area contributed by atoms with Crippen LogP contribution in [0.4, 0.5) is 0 Å². The molecule has 0 N–H and O–H groups in total. The number of thioether (sulfide) groups is 1. The normalized spacial score (nSPS) is 11.0. The Hall–Kier alpha value is -1.50. The largest absolute Gasteiger partial charge is 0.467 e. The third kappa shape index (κ3) is 3.71. The lowest BCUT2D eigenvalue weighted by Gasteiger charge is -2.12. The van der Waals surface area contributed by atoms with Gasteiger partial charge in [0.15, 0.2) is 5.16 Å². The number of fused-ring (bicyclic) bond motifs is 1. The summed E-state index contributed by atoms with van der Waals surface area (Å²) in [6.07, 6.45) is 1.58. The average Bonchev–Trinajstić information content (AvgIpc) is 3.02. The topological polar surface area (TPSA) is 48.0 Å². The molecule has 0 spiro atoms. The lowest BCUT2D eigenvalue weighted by atomic mass is 10.2. The van der Waals surface area contributed by atoms with E-state index < -0.39 is 0 Å². The van der Waals surface area contributed by atoms with E-state index >= 15 is 0 Å². The van der Waals surface area contributed by atoms with Gasteiger partial charge in [-0.3, -0.25) is 9.36 Å². The van der Waals surface area contributed by atoms with Crippen molar-refractivity contribution in [3.63, 3.8) is 0 Å². The van der Waals surface area contributed by atoms with Gasteiger partial charge in [-0.05, 0) is 30.3 Å². The minimum Gasteiger partial charge on any atom is -0.467 e. The molecule has 0 saturated carbocycles. The molecule has 2 aromatic heterocycles. The van der Waals surface area contributed by atoms with E-state index in [1.807, 2.05) is 18.2 Å². The van der Waals surface area contributed by atoms with Crippen LogP contribution in [0.5, 0.6) is 0 Å². The molecule has 0 aliphatic rings. The van der Waals surface area contributed by atoms with Crippen LogP contribution in [0.1, 0.15) is 5.76 Å². The summed E-state index contributed by atoms with van der Waals surface area (Å²) in [6, 6.07) is 9.07. The van der Waals surface area contributed by atoms with Gasteiger partial charge in [0.2, 0.25) is 0 Å². The predicted octanol–water partition coefficient (Wildman–Crippen LogP) is 4.64. The molecule has 3 rings (SSSR count). The van der Waals surface area contributed by atoms with Gasteiger partial charge in [0.25, 0.3) is 5.56 Å². The van der Waals surface area contributed by atoms with E-state index in [1.54, 1.807) is 23.0 Å². The molecule has 7 heteroatoms. The molecule has 0 aliphatic carbocycles. The molecule has 2 heterocycles. The third-order valence-corrected chi connectivity index (χ3v) is 4.98. The quantitative estimate of drug-likeness (QED) is 0.453. The first-order valence-corrected chi connectivity index (χ1v) is 8.89. The van der Waals surface area contributed by atoms with Crippen LogP contribution in [0.3, 0.4) is 0 Å². The Bertz CT molecular complexity index is 922. The summed E-state index contributed by atoms with van der Waals surface area (Å²) >= 11 is 10.6. The number of hydrogen-bond donors (Lipinski definition) is 0. The van der Waals surface area contributed by atoms with Gasteiger partial charge in [-0.15, -0.1) is 0 Å². The summed E-state index contributed by atoms with van der Waals surface area (Å²) in [6.45, 7) is 3.99. The molecule has 0 radical (unpaired) electrons. The van der Waals surface area contributed by atoms with Crippen molar-refractivity contribution in [3.05, 3.63) is 68.8 Å². The molecule has 3 aromatic rings. The molecule has 0 atom stereocenters. The van der Waals surface area contributed by atoms with E-state index in [0.717, 1.165) is 4.47 Å². The van der Waals surface area contributed by atoms with Gasteiger partial charge in [0.05, 0.1) is 23.7 Å². The van der Waals surface area contributed by atoms with Crippen LogP contribution >= 0.6 is 39.3 Å². The Balaban J connectivity index is 2.15. The number of rotatable bonds is 5. The van der Waals surface area contributed by atoms with Gasteiger partial charge in [-0.25, -0.2) is 4.98 Å².